The van der Waals surface area contributed by atoms with E-state index in [2.05, 4.69) is 0 Å². The third-order valence-electron chi connectivity index (χ3n) is 2.51. The molecule has 0 radical (unpaired) electrons. The van der Waals surface area contributed by atoms with Crippen LogP contribution in [-0.2, 0) is 6.54 Å². The number of pyridine rings is 1. The minimum absolute atomic E-state index is 0.104. The molecular weight excluding hydrogens is 216 g/mol. The Hall–Kier alpha value is -2.23. The molecule has 4 heteroatoms. The van der Waals surface area contributed by atoms with Gasteiger partial charge in [-0.05, 0) is 23.8 Å². The van der Waals surface area contributed by atoms with Crippen molar-refractivity contribution in [3.05, 3.63) is 58.5 Å². The SMILES string of the molecule is COc1cccc(Cn2ccc(N)cc2=O)c1. The van der Waals surface area contributed by atoms with Crippen molar-refractivity contribution in [2.24, 2.45) is 0 Å². The van der Waals surface area contributed by atoms with E-state index in [1.165, 1.54) is 6.07 Å². The van der Waals surface area contributed by atoms with Crippen molar-refractivity contribution in [2.75, 3.05) is 12.8 Å². The summed E-state index contributed by atoms with van der Waals surface area (Å²) in [5.74, 6) is 0.783. The lowest BCUT2D eigenvalue weighted by Gasteiger charge is -2.07. The highest BCUT2D eigenvalue weighted by molar-refractivity contribution is 5.35. The van der Waals surface area contributed by atoms with E-state index in [0.717, 1.165) is 11.3 Å². The molecule has 0 spiro atoms. The molecule has 1 aromatic carbocycles. The van der Waals surface area contributed by atoms with Gasteiger partial charge in [0.15, 0.2) is 0 Å². The van der Waals surface area contributed by atoms with Gasteiger partial charge in [-0.15, -0.1) is 0 Å². The van der Waals surface area contributed by atoms with Crippen molar-refractivity contribution < 1.29 is 4.74 Å². The van der Waals surface area contributed by atoms with Gasteiger partial charge >= 0.3 is 0 Å². The van der Waals surface area contributed by atoms with E-state index in [-0.39, 0.29) is 5.56 Å². The molecule has 0 aliphatic carbocycles. The van der Waals surface area contributed by atoms with Gasteiger partial charge in [-0.2, -0.15) is 0 Å². The zero-order chi connectivity index (χ0) is 12.3. The Labute approximate surface area is 99.3 Å². The molecule has 0 aliphatic rings. The van der Waals surface area contributed by atoms with E-state index < -0.39 is 0 Å². The molecule has 2 N–H and O–H groups in total. The zero-order valence-corrected chi connectivity index (χ0v) is 9.59. The highest BCUT2D eigenvalue weighted by Crippen LogP contribution is 2.13. The van der Waals surface area contributed by atoms with Crippen LogP contribution in [0.1, 0.15) is 5.56 Å². The fourth-order valence-electron chi connectivity index (χ4n) is 1.62. The van der Waals surface area contributed by atoms with E-state index in [1.54, 1.807) is 23.9 Å². The predicted octanol–water partition coefficient (Wildman–Crippen LogP) is 1.49. The average Bonchev–Trinajstić information content (AvgIpc) is 2.33. The van der Waals surface area contributed by atoms with E-state index in [1.807, 2.05) is 24.3 Å². The van der Waals surface area contributed by atoms with Crippen LogP contribution in [0.4, 0.5) is 5.69 Å². The molecule has 0 fully saturated rings. The number of ether oxygens (including phenoxy) is 1. The Balaban J connectivity index is 2.28. The van der Waals surface area contributed by atoms with Crippen LogP contribution in [-0.4, -0.2) is 11.7 Å². The van der Waals surface area contributed by atoms with E-state index >= 15 is 0 Å². The highest BCUT2D eigenvalue weighted by Gasteiger charge is 1.99. The largest absolute Gasteiger partial charge is 0.497 e. The maximum Gasteiger partial charge on any atom is 0.252 e. The van der Waals surface area contributed by atoms with Gasteiger partial charge in [0.25, 0.3) is 5.56 Å². The molecule has 0 amide bonds. The highest BCUT2D eigenvalue weighted by atomic mass is 16.5. The van der Waals surface area contributed by atoms with Crippen LogP contribution >= 0.6 is 0 Å². The minimum Gasteiger partial charge on any atom is -0.497 e. The first-order chi connectivity index (χ1) is 8.19. The molecule has 4 nitrogen and oxygen atoms in total. The number of nitrogens with two attached hydrogens (primary N) is 1. The van der Waals surface area contributed by atoms with Gasteiger partial charge in [0, 0.05) is 18.0 Å². The summed E-state index contributed by atoms with van der Waals surface area (Å²) >= 11 is 0. The molecule has 0 saturated carbocycles. The molecule has 88 valence electrons. The number of rotatable bonds is 3. The molecule has 0 unspecified atom stereocenters. The molecule has 2 rings (SSSR count). The van der Waals surface area contributed by atoms with Crippen molar-refractivity contribution >= 4 is 5.69 Å². The summed E-state index contributed by atoms with van der Waals surface area (Å²) in [6.07, 6.45) is 1.69. The van der Waals surface area contributed by atoms with Crippen LogP contribution in [0.25, 0.3) is 0 Å². The molecular formula is C13H14N2O2. The monoisotopic (exact) mass is 230 g/mol. The van der Waals surface area contributed by atoms with E-state index in [9.17, 15) is 4.79 Å². The average molecular weight is 230 g/mol. The summed E-state index contributed by atoms with van der Waals surface area (Å²) in [7, 11) is 1.62. The second kappa shape index (κ2) is 4.74. The van der Waals surface area contributed by atoms with Crippen LogP contribution in [0, 0.1) is 0 Å². The van der Waals surface area contributed by atoms with Crippen LogP contribution in [0.3, 0.4) is 0 Å². The Morgan fingerprint density at radius 2 is 2.12 bits per heavy atom. The number of benzene rings is 1. The van der Waals surface area contributed by atoms with Gasteiger partial charge in [-0.3, -0.25) is 4.79 Å². The predicted molar refractivity (Wildman–Crippen MR) is 67.2 cm³/mol. The summed E-state index contributed by atoms with van der Waals surface area (Å²) in [6, 6.07) is 10.8. The standard InChI is InChI=1S/C13H14N2O2/c1-17-12-4-2-3-10(7-12)9-15-6-5-11(14)8-13(15)16/h2-8H,9,14H2,1H3. The van der Waals surface area contributed by atoms with E-state index in [4.69, 9.17) is 10.5 Å². The third-order valence-corrected chi connectivity index (χ3v) is 2.51. The minimum atomic E-state index is -0.104. The first-order valence-corrected chi connectivity index (χ1v) is 5.28. The van der Waals surface area contributed by atoms with Gasteiger partial charge in [-0.1, -0.05) is 12.1 Å². The van der Waals surface area contributed by atoms with Crippen molar-refractivity contribution in [3.8, 4) is 5.75 Å². The van der Waals surface area contributed by atoms with Gasteiger partial charge in [0.1, 0.15) is 5.75 Å². The van der Waals surface area contributed by atoms with Crippen LogP contribution in [0.2, 0.25) is 0 Å². The molecule has 1 aromatic heterocycles. The fourth-order valence-corrected chi connectivity index (χ4v) is 1.62. The van der Waals surface area contributed by atoms with Gasteiger partial charge in [0.05, 0.1) is 13.7 Å². The topological polar surface area (TPSA) is 57.2 Å². The molecule has 0 bridgehead atoms. The number of anilines is 1. The summed E-state index contributed by atoms with van der Waals surface area (Å²) < 4.78 is 6.74. The lowest BCUT2D eigenvalue weighted by atomic mass is 10.2. The van der Waals surface area contributed by atoms with Gasteiger partial charge in [0.2, 0.25) is 0 Å². The Bertz CT molecular complexity index is 576. The summed E-state index contributed by atoms with van der Waals surface area (Å²) in [4.78, 5) is 11.7. The van der Waals surface area contributed by atoms with Crippen LogP contribution in [0.15, 0.2) is 47.4 Å². The van der Waals surface area contributed by atoms with Crippen molar-refractivity contribution in [2.45, 2.75) is 6.54 Å². The van der Waals surface area contributed by atoms with Crippen LogP contribution < -0.4 is 16.0 Å². The number of hydrogen-bond donors (Lipinski definition) is 1. The third kappa shape index (κ3) is 2.66. The molecule has 17 heavy (non-hydrogen) atoms. The van der Waals surface area contributed by atoms with Crippen molar-refractivity contribution in [3.63, 3.8) is 0 Å². The smallest absolute Gasteiger partial charge is 0.252 e. The maximum absolute atomic E-state index is 11.7. The summed E-state index contributed by atoms with van der Waals surface area (Å²) in [6.45, 7) is 0.510. The Morgan fingerprint density at radius 3 is 2.82 bits per heavy atom. The van der Waals surface area contributed by atoms with E-state index in [0.29, 0.717) is 12.2 Å². The first kappa shape index (κ1) is 11.3. The van der Waals surface area contributed by atoms with Gasteiger partial charge in [-0.25, -0.2) is 0 Å². The summed E-state index contributed by atoms with van der Waals surface area (Å²) in [5, 5.41) is 0. The number of hydrogen-bond acceptors (Lipinski definition) is 3. The zero-order valence-electron chi connectivity index (χ0n) is 9.59. The lowest BCUT2D eigenvalue weighted by Crippen LogP contribution is -2.19. The first-order valence-electron chi connectivity index (χ1n) is 5.28. The second-order valence-corrected chi connectivity index (χ2v) is 3.78. The fraction of sp³-hybridized carbons (Fsp3) is 0.154. The van der Waals surface area contributed by atoms with Crippen molar-refractivity contribution in [1.82, 2.24) is 4.57 Å². The normalized spacial score (nSPS) is 10.2. The summed E-state index contributed by atoms with van der Waals surface area (Å²) in [5.41, 5.74) is 6.92. The van der Waals surface area contributed by atoms with Crippen molar-refractivity contribution in [1.29, 1.82) is 0 Å². The molecule has 0 atom stereocenters. The number of nitrogen functional groups attached to an aromatic ring is 1. The van der Waals surface area contributed by atoms with Gasteiger partial charge < -0.3 is 15.0 Å². The Kier molecular flexibility index (Phi) is 3.14. The Morgan fingerprint density at radius 1 is 1.29 bits per heavy atom. The molecule has 0 saturated heterocycles. The molecule has 2 aromatic rings. The molecule has 0 aliphatic heterocycles. The second-order valence-electron chi connectivity index (χ2n) is 3.78. The maximum atomic E-state index is 11.7. The number of nitrogens with zero attached hydrogens (tertiary/aromatic N) is 1. The number of aromatic nitrogens is 1. The quantitative estimate of drug-likeness (QED) is 0.869. The lowest BCUT2D eigenvalue weighted by molar-refractivity contribution is 0.414. The number of methoxy groups -OCH3 is 1. The van der Waals surface area contributed by atoms with Crippen LogP contribution in [0.5, 0.6) is 5.75 Å². The molecule has 1 heterocycles.